The highest BCUT2D eigenvalue weighted by molar-refractivity contribution is 7.92. The van der Waals surface area contributed by atoms with Crippen LogP contribution < -0.4 is 4.31 Å². The van der Waals surface area contributed by atoms with Crippen LogP contribution in [0.5, 0.6) is 0 Å². The van der Waals surface area contributed by atoms with Gasteiger partial charge in [-0.05, 0) is 50.2 Å². The Hall–Kier alpha value is -2.02. The van der Waals surface area contributed by atoms with Gasteiger partial charge in [0.1, 0.15) is 0 Å². The minimum atomic E-state index is -4.50. The van der Waals surface area contributed by atoms with Crippen molar-refractivity contribution >= 4 is 15.7 Å². The van der Waals surface area contributed by atoms with Gasteiger partial charge in [0.25, 0.3) is 10.0 Å². The number of benzene rings is 2. The molecule has 0 aliphatic rings. The summed E-state index contributed by atoms with van der Waals surface area (Å²) in [5, 5.41) is 0. The van der Waals surface area contributed by atoms with Crippen molar-refractivity contribution < 1.29 is 21.6 Å². The first kappa shape index (κ1) is 17.3. The van der Waals surface area contributed by atoms with Crippen LogP contribution in [0.4, 0.5) is 18.9 Å². The number of anilines is 1. The third kappa shape index (κ3) is 3.67. The summed E-state index contributed by atoms with van der Waals surface area (Å²) in [6.07, 6.45) is -4.50. The molecule has 0 heterocycles. The molecule has 2 aromatic carbocycles. The highest BCUT2D eigenvalue weighted by Crippen LogP contribution is 2.31. The fourth-order valence-electron chi connectivity index (χ4n) is 2.22. The Balaban J connectivity index is 2.47. The van der Waals surface area contributed by atoms with Crippen molar-refractivity contribution in [2.75, 3.05) is 4.31 Å². The molecule has 3 nitrogen and oxygen atoms in total. The van der Waals surface area contributed by atoms with Gasteiger partial charge in [0.05, 0.1) is 16.1 Å². The lowest BCUT2D eigenvalue weighted by molar-refractivity contribution is -0.137. The largest absolute Gasteiger partial charge is 0.416 e. The number of rotatable bonds is 4. The zero-order chi connectivity index (χ0) is 17.3. The molecule has 0 saturated carbocycles. The third-order valence-electron chi connectivity index (χ3n) is 3.22. The van der Waals surface area contributed by atoms with Crippen molar-refractivity contribution in [2.45, 2.75) is 31.0 Å². The molecule has 0 fully saturated rings. The molecule has 124 valence electrons. The smallest absolute Gasteiger partial charge is 0.264 e. The second-order valence-electron chi connectivity index (χ2n) is 5.25. The summed E-state index contributed by atoms with van der Waals surface area (Å²) < 4.78 is 64.6. The van der Waals surface area contributed by atoms with Gasteiger partial charge >= 0.3 is 6.18 Å². The van der Waals surface area contributed by atoms with E-state index in [-0.39, 0.29) is 10.9 Å². The van der Waals surface area contributed by atoms with E-state index in [9.17, 15) is 21.6 Å². The summed E-state index contributed by atoms with van der Waals surface area (Å²) in [6.45, 7) is 3.41. The van der Waals surface area contributed by atoms with E-state index in [1.165, 1.54) is 4.31 Å². The molecule has 23 heavy (non-hydrogen) atoms. The summed E-state index contributed by atoms with van der Waals surface area (Å²) in [6, 6.07) is 11.6. The van der Waals surface area contributed by atoms with Crippen molar-refractivity contribution in [3.63, 3.8) is 0 Å². The van der Waals surface area contributed by atoms with Crippen molar-refractivity contribution in [1.82, 2.24) is 0 Å². The Morgan fingerprint density at radius 1 is 0.913 bits per heavy atom. The predicted molar refractivity (Wildman–Crippen MR) is 82.7 cm³/mol. The van der Waals surface area contributed by atoms with Crippen LogP contribution in [0.15, 0.2) is 59.5 Å². The number of halogens is 3. The Bertz CT molecular complexity index is 754. The highest BCUT2D eigenvalue weighted by atomic mass is 32.2. The average molecular weight is 343 g/mol. The molecule has 0 bridgehead atoms. The van der Waals surface area contributed by atoms with Crippen LogP contribution in [0, 0.1) is 0 Å². The van der Waals surface area contributed by atoms with Crippen LogP contribution in [-0.2, 0) is 16.2 Å². The van der Waals surface area contributed by atoms with E-state index >= 15 is 0 Å². The van der Waals surface area contributed by atoms with E-state index in [4.69, 9.17) is 0 Å². The van der Waals surface area contributed by atoms with Gasteiger partial charge in [-0.1, -0.05) is 18.2 Å². The number of para-hydroxylation sites is 1. The van der Waals surface area contributed by atoms with Crippen molar-refractivity contribution in [1.29, 1.82) is 0 Å². The maximum absolute atomic E-state index is 12.8. The van der Waals surface area contributed by atoms with Gasteiger partial charge in [-0.3, -0.25) is 4.31 Å². The molecule has 0 aliphatic carbocycles. The van der Waals surface area contributed by atoms with Crippen molar-refractivity contribution in [2.24, 2.45) is 0 Å². The zero-order valence-electron chi connectivity index (χ0n) is 12.6. The molecule has 0 aliphatic heterocycles. The normalized spacial score (nSPS) is 12.4. The fraction of sp³-hybridized carbons (Fsp3) is 0.250. The molecule has 0 amide bonds. The fourth-order valence-corrected chi connectivity index (χ4v) is 3.88. The first-order valence-corrected chi connectivity index (χ1v) is 8.35. The molecule has 0 spiro atoms. The quantitative estimate of drug-likeness (QED) is 0.830. The molecule has 0 atom stereocenters. The Labute approximate surface area is 133 Å². The van der Waals surface area contributed by atoms with E-state index in [1.54, 1.807) is 44.2 Å². The molecule has 0 unspecified atom stereocenters. The maximum Gasteiger partial charge on any atom is 0.416 e. The summed E-state index contributed by atoms with van der Waals surface area (Å²) in [4.78, 5) is -0.178. The van der Waals surface area contributed by atoms with E-state index in [2.05, 4.69) is 0 Å². The molecule has 7 heteroatoms. The van der Waals surface area contributed by atoms with Gasteiger partial charge in [-0.2, -0.15) is 13.2 Å². The van der Waals surface area contributed by atoms with Crippen molar-refractivity contribution in [3.8, 4) is 0 Å². The maximum atomic E-state index is 12.8. The van der Waals surface area contributed by atoms with Gasteiger partial charge in [0, 0.05) is 6.04 Å². The van der Waals surface area contributed by atoms with Crippen LogP contribution in [0.1, 0.15) is 19.4 Å². The van der Waals surface area contributed by atoms with Gasteiger partial charge in [-0.15, -0.1) is 0 Å². The van der Waals surface area contributed by atoms with E-state index in [0.717, 1.165) is 24.3 Å². The molecule has 2 rings (SSSR count). The van der Waals surface area contributed by atoms with Crippen LogP contribution in [-0.4, -0.2) is 14.5 Å². The molecular formula is C16H16F3NO2S. The van der Waals surface area contributed by atoms with E-state index in [0.29, 0.717) is 5.69 Å². The lowest BCUT2D eigenvalue weighted by atomic mass is 10.2. The van der Waals surface area contributed by atoms with E-state index < -0.39 is 21.8 Å². The second-order valence-corrected chi connectivity index (χ2v) is 7.07. The number of hydrogen-bond acceptors (Lipinski definition) is 2. The highest BCUT2D eigenvalue weighted by Gasteiger charge is 2.32. The van der Waals surface area contributed by atoms with Gasteiger partial charge in [0.15, 0.2) is 0 Å². The average Bonchev–Trinajstić information content (AvgIpc) is 2.47. The number of sulfonamides is 1. The summed E-state index contributed by atoms with van der Waals surface area (Å²) in [7, 11) is -3.95. The Kier molecular flexibility index (Phi) is 4.70. The Morgan fingerprint density at radius 3 is 1.87 bits per heavy atom. The lowest BCUT2D eigenvalue weighted by Crippen LogP contribution is -2.37. The minimum absolute atomic E-state index is 0.178. The molecule has 2 aromatic rings. The number of alkyl halides is 3. The Morgan fingerprint density at radius 2 is 1.43 bits per heavy atom. The first-order chi connectivity index (χ1) is 10.6. The van der Waals surface area contributed by atoms with Crippen molar-refractivity contribution in [3.05, 3.63) is 60.2 Å². The summed E-state index contributed by atoms with van der Waals surface area (Å²) in [5.74, 6) is 0. The summed E-state index contributed by atoms with van der Waals surface area (Å²) in [5.41, 5.74) is -0.422. The second kappa shape index (κ2) is 6.23. The van der Waals surface area contributed by atoms with Gasteiger partial charge in [-0.25, -0.2) is 8.42 Å². The molecule has 0 radical (unpaired) electrons. The van der Waals surface area contributed by atoms with Gasteiger partial charge < -0.3 is 0 Å². The molecule has 0 saturated heterocycles. The zero-order valence-corrected chi connectivity index (χ0v) is 13.4. The van der Waals surface area contributed by atoms with E-state index in [1.807, 2.05) is 0 Å². The molecular weight excluding hydrogens is 327 g/mol. The molecule has 0 aromatic heterocycles. The predicted octanol–water partition coefficient (Wildman–Crippen LogP) is 4.31. The number of hydrogen-bond donors (Lipinski definition) is 0. The third-order valence-corrected chi connectivity index (χ3v) is 5.24. The van der Waals surface area contributed by atoms with Crippen LogP contribution in [0.3, 0.4) is 0 Å². The van der Waals surface area contributed by atoms with Crippen LogP contribution >= 0.6 is 0 Å². The lowest BCUT2D eigenvalue weighted by Gasteiger charge is -2.28. The number of nitrogens with zero attached hydrogens (tertiary/aromatic N) is 1. The monoisotopic (exact) mass is 343 g/mol. The minimum Gasteiger partial charge on any atom is -0.264 e. The standard InChI is InChI=1S/C16H16F3NO2S/c1-12(2)20(14-6-4-3-5-7-14)23(21,22)15-10-8-13(9-11-15)16(17,18)19/h3-12H,1-2H3. The van der Waals surface area contributed by atoms with Crippen LogP contribution in [0.2, 0.25) is 0 Å². The topological polar surface area (TPSA) is 37.4 Å². The summed E-state index contributed by atoms with van der Waals surface area (Å²) >= 11 is 0. The van der Waals surface area contributed by atoms with Gasteiger partial charge in [0.2, 0.25) is 0 Å². The van der Waals surface area contributed by atoms with Crippen LogP contribution in [0.25, 0.3) is 0 Å². The SMILES string of the molecule is CC(C)N(c1ccccc1)S(=O)(=O)c1ccc(C(F)(F)F)cc1. The first-order valence-electron chi connectivity index (χ1n) is 6.91. The molecule has 0 N–H and O–H groups in total.